The van der Waals surface area contributed by atoms with Crippen LogP contribution in [0.2, 0.25) is 10.0 Å². The van der Waals surface area contributed by atoms with Gasteiger partial charge in [-0.1, -0.05) is 59.6 Å². The van der Waals surface area contributed by atoms with Crippen LogP contribution in [0.3, 0.4) is 0 Å². The number of aliphatic hydroxyl groups is 3. The van der Waals surface area contributed by atoms with E-state index in [9.17, 15) is 56.4 Å². The predicted molar refractivity (Wildman–Crippen MR) is 482 cm³/mol. The lowest BCUT2D eigenvalue weighted by Crippen LogP contribution is -2.39. The predicted octanol–water partition coefficient (Wildman–Crippen LogP) is 13.9. The van der Waals surface area contributed by atoms with Crippen LogP contribution >= 0.6 is 23.2 Å². The van der Waals surface area contributed by atoms with Crippen molar-refractivity contribution >= 4 is 58.5 Å². The Bertz CT molecular complexity index is 6760. The number of pyridine rings is 5. The van der Waals surface area contributed by atoms with Crippen LogP contribution in [-0.2, 0) is 23.6 Å². The number of alkyl halides is 1. The van der Waals surface area contributed by atoms with Crippen molar-refractivity contribution < 1.29 is 46.7 Å². The fraction of sp³-hybridized carbons (Fsp3) is 0.237. The van der Waals surface area contributed by atoms with E-state index in [1.165, 1.54) is 80.6 Å². The number of anilines is 6. The van der Waals surface area contributed by atoms with E-state index in [4.69, 9.17) is 32.7 Å². The van der Waals surface area contributed by atoms with E-state index >= 15 is 0 Å². The number of hydrogen-bond acceptors (Lipinski definition) is 24. The maximum Gasteiger partial charge on any atom is 0.252 e. The van der Waals surface area contributed by atoms with Crippen molar-refractivity contribution in [3.8, 4) is 45.0 Å². The minimum Gasteiger partial charge on any atom is -0.394 e. The molecule has 37 heteroatoms. The molecule has 0 radical (unpaired) electrons. The van der Waals surface area contributed by atoms with Gasteiger partial charge in [0.1, 0.15) is 35.3 Å². The minimum absolute atomic E-state index is 0.0234. The summed E-state index contributed by atoms with van der Waals surface area (Å²) in [4.78, 5) is 90.8. The van der Waals surface area contributed by atoms with Gasteiger partial charge in [-0.05, 0) is 170 Å². The number of aryl methyl sites for hydroxylation is 5. The van der Waals surface area contributed by atoms with Gasteiger partial charge in [0.25, 0.3) is 22.2 Å². The van der Waals surface area contributed by atoms with Crippen LogP contribution in [0.4, 0.5) is 57.3 Å². The van der Waals surface area contributed by atoms with Gasteiger partial charge in [0.2, 0.25) is 23.8 Å². The lowest BCUT2D eigenvalue weighted by atomic mass is 10.0. The molecule has 0 amide bonds. The van der Waals surface area contributed by atoms with Gasteiger partial charge in [-0.15, -0.1) is 0 Å². The minimum atomic E-state index is -1.15. The van der Waals surface area contributed by atoms with Gasteiger partial charge >= 0.3 is 0 Å². The molecule has 0 spiro atoms. The van der Waals surface area contributed by atoms with Crippen LogP contribution in [0.15, 0.2) is 257 Å². The van der Waals surface area contributed by atoms with Crippen molar-refractivity contribution in [1.29, 1.82) is 0 Å². The Morgan fingerprint density at radius 1 is 0.438 bits per heavy atom. The Kier molecular flexibility index (Phi) is 30.2. The first-order chi connectivity index (χ1) is 62.8. The fourth-order valence-corrected chi connectivity index (χ4v) is 14.8. The molecule has 13 heterocycles. The van der Waals surface area contributed by atoms with Crippen molar-refractivity contribution in [2.45, 2.75) is 82.5 Å². The Balaban J connectivity index is 0.000000140. The van der Waals surface area contributed by atoms with Crippen LogP contribution < -0.4 is 43.5 Å². The fourth-order valence-electron chi connectivity index (χ4n) is 14.5. The third-order valence-electron chi connectivity index (χ3n) is 21.6. The summed E-state index contributed by atoms with van der Waals surface area (Å²) in [6.45, 7) is 6.03. The molecule has 0 saturated carbocycles. The largest absolute Gasteiger partial charge is 0.394 e. The molecule has 30 nitrogen and oxygen atoms in total. The maximum absolute atomic E-state index is 14.3. The first-order valence-corrected chi connectivity index (χ1v) is 41.8. The second-order valence-corrected chi connectivity index (χ2v) is 31.3. The molecular formula is C93H88Cl2F5N21O9. The molecule has 2 aliphatic rings. The van der Waals surface area contributed by atoms with E-state index in [0.717, 1.165) is 35.6 Å². The second kappa shape index (κ2) is 42.6. The molecule has 0 aliphatic carbocycles. The van der Waals surface area contributed by atoms with Gasteiger partial charge in [0.05, 0.1) is 102 Å². The van der Waals surface area contributed by atoms with Gasteiger partial charge < -0.3 is 64.3 Å². The average molecular weight is 1810 g/mol. The molecule has 2 aliphatic heterocycles. The summed E-state index contributed by atoms with van der Waals surface area (Å²) in [5, 5.41) is 50.4. The van der Waals surface area contributed by atoms with E-state index in [1.807, 2.05) is 19.1 Å². The summed E-state index contributed by atoms with van der Waals surface area (Å²) in [5.74, 6) is 0.320. The number of rotatable bonds is 24. The molecule has 130 heavy (non-hydrogen) atoms. The van der Waals surface area contributed by atoms with Gasteiger partial charge in [-0.25, -0.2) is 61.8 Å². The normalized spacial score (nSPS) is 14.7. The number of nitrogens with one attached hydrogen (secondary N) is 4. The van der Waals surface area contributed by atoms with E-state index in [0.29, 0.717) is 122 Å². The van der Waals surface area contributed by atoms with Gasteiger partial charge in [-0.2, -0.15) is 10.2 Å². The third kappa shape index (κ3) is 22.8. The van der Waals surface area contributed by atoms with Gasteiger partial charge in [0.15, 0.2) is 0 Å². The zero-order valence-corrected chi connectivity index (χ0v) is 72.2. The van der Waals surface area contributed by atoms with E-state index < -0.39 is 53.8 Å². The highest BCUT2D eigenvalue weighted by Crippen LogP contribution is 2.32. The smallest absolute Gasteiger partial charge is 0.252 e. The standard InChI is InChI=1S/C25H24ClFN6O2.C23H19ClFN5O2.C23H24F2N4O3.C22H21FN6O2/c1-32-15-18(14-29-32)24(17-2-3-20(26)21(27)12-17)33-9-5-16(13-23(33)34)22-4-8-28-25(31-22)30-19-6-10-35-11-7-19;1-14-10-17(4-7-26-14)28-23-27-8-5-20(29-23)15-6-9-30(22(32)12-15)21(13-31)16-2-3-18(24)19(25)11-16;1-14-2-3-16(10-17(14)24)21(12-30)29-8-5-15(11-22(29)31)19-4-7-26-23(27-19)28-20-6-9-32-13-18(20)25;1-14-3-4-16(11-17(14)23)19(13-30)29-10-7-15(12-21(29)31)18-5-8-24-22(26-18)27-20-6-9-25-28(20)2/h2-5,8-9,12-15,19,24H,6-7,10-11H2,1H3,(H,28,30,31);2-12,21,31H,13H2,1H3,(H,26,27,28,29);2-5,7-8,10-11,18,20-21,30H,6,9,12-13H2,1H3,(H,26,27,28);3-12,19,30H,13H2,1-2H3,(H,24,26,27)/t;21-;18-,20+,21-;19-/m.111/s1. The Morgan fingerprint density at radius 2 is 0.862 bits per heavy atom. The summed E-state index contributed by atoms with van der Waals surface area (Å²) < 4.78 is 89.6. The highest BCUT2D eigenvalue weighted by molar-refractivity contribution is 6.31. The zero-order valence-electron chi connectivity index (χ0n) is 70.7. The van der Waals surface area contributed by atoms with Crippen molar-refractivity contribution in [3.63, 3.8) is 0 Å². The topological polar surface area (TPSA) is 367 Å². The van der Waals surface area contributed by atoms with E-state index in [2.05, 4.69) is 76.3 Å². The molecule has 11 aromatic heterocycles. The first-order valence-electron chi connectivity index (χ1n) is 41.1. The number of benzene rings is 4. The maximum atomic E-state index is 14.3. The molecular weight excluding hydrogens is 1720 g/mol. The van der Waals surface area contributed by atoms with Crippen molar-refractivity contribution in [3.05, 3.63) is 358 Å². The Morgan fingerprint density at radius 3 is 1.29 bits per heavy atom. The van der Waals surface area contributed by atoms with Crippen LogP contribution in [0, 0.1) is 44.0 Å². The molecule has 1 unspecified atom stereocenters. The SMILES string of the molecule is Cc1cc(Nc2nccc(-c3ccn([C@H](CO)c4ccc(Cl)c(F)c4)c(=O)c3)n2)ccn1.Cc1ccc([C@@H](CO)n2ccc(-c3ccnc(N[C@H]4CCOC[C@H]4F)n3)cc2=O)cc1F.Cc1ccc([C@@H](CO)n2ccc(-c3ccnc(Nc4ccnn4C)n3)cc2=O)cc1F.Cn1cc(C(c2ccc(Cl)c(F)c2)n2ccc(-c3ccnc(NC4CCOCC4)n3)cc2=O)cn1. The molecule has 668 valence electrons. The third-order valence-corrected chi connectivity index (χ3v) is 22.2. The average Bonchev–Trinajstić information content (AvgIpc) is 1.40. The summed E-state index contributed by atoms with van der Waals surface area (Å²) in [7, 11) is 3.58. The summed E-state index contributed by atoms with van der Waals surface area (Å²) in [5.41, 5.74) is 8.73. The van der Waals surface area contributed by atoms with Crippen LogP contribution in [0.25, 0.3) is 45.0 Å². The Labute approximate surface area is 750 Å². The number of halogens is 7. The van der Waals surface area contributed by atoms with E-state index in [-0.39, 0.29) is 76.5 Å². The van der Waals surface area contributed by atoms with Crippen molar-refractivity contribution in [2.24, 2.45) is 14.1 Å². The number of hydrogen-bond donors (Lipinski definition) is 7. The molecule has 7 N–H and O–H groups in total. The number of ether oxygens (including phenoxy) is 2. The van der Waals surface area contributed by atoms with Gasteiger partial charge in [0, 0.05) is 171 Å². The van der Waals surface area contributed by atoms with Crippen molar-refractivity contribution in [1.82, 2.24) is 82.7 Å². The van der Waals surface area contributed by atoms with Crippen LogP contribution in [0.1, 0.15) is 88.1 Å². The number of aromatic nitrogens is 17. The highest BCUT2D eigenvalue weighted by Gasteiger charge is 2.28. The summed E-state index contributed by atoms with van der Waals surface area (Å²) >= 11 is 11.6. The first kappa shape index (κ1) is 92.0. The Hall–Kier alpha value is -14.2. The second-order valence-electron chi connectivity index (χ2n) is 30.5. The summed E-state index contributed by atoms with van der Waals surface area (Å²) in [6, 6.07) is 40.1. The quantitative estimate of drug-likeness (QED) is 0.0276. The number of aliphatic hydroxyl groups excluding tert-OH is 3. The molecule has 6 atom stereocenters. The zero-order chi connectivity index (χ0) is 91.6. The van der Waals surface area contributed by atoms with E-state index in [1.54, 1.807) is 201 Å². The summed E-state index contributed by atoms with van der Waals surface area (Å²) in [6.07, 6.45) is 20.7. The molecule has 0 bridgehead atoms. The lowest BCUT2D eigenvalue weighted by Gasteiger charge is -2.26. The van der Waals surface area contributed by atoms with Crippen LogP contribution in [0.5, 0.6) is 0 Å². The molecule has 15 aromatic rings. The molecule has 4 aromatic carbocycles. The molecule has 2 saturated heterocycles. The van der Waals surface area contributed by atoms with Crippen LogP contribution in [-0.4, -0.2) is 163 Å². The monoisotopic (exact) mass is 1810 g/mol. The van der Waals surface area contributed by atoms with Crippen molar-refractivity contribution in [2.75, 3.05) is 67.5 Å². The number of nitrogens with zero attached hydrogens (tertiary/aromatic N) is 17. The lowest BCUT2D eigenvalue weighted by molar-refractivity contribution is 0.0284. The highest BCUT2D eigenvalue weighted by atomic mass is 35.5. The molecule has 2 fully saturated rings. The molecule has 17 rings (SSSR count). The van der Waals surface area contributed by atoms with Gasteiger partial charge in [-0.3, -0.25) is 33.5 Å².